The van der Waals surface area contributed by atoms with Crippen molar-refractivity contribution in [2.24, 2.45) is 4.99 Å². The molecule has 8 heteroatoms. The molecule has 0 atom stereocenters. The third-order valence-electron chi connectivity index (χ3n) is 4.41. The van der Waals surface area contributed by atoms with Crippen molar-refractivity contribution < 1.29 is 19.4 Å². The van der Waals surface area contributed by atoms with E-state index in [1.807, 2.05) is 60.7 Å². The average molecular weight is 465 g/mol. The highest BCUT2D eigenvalue weighted by atomic mass is 35.5. The van der Waals surface area contributed by atoms with Crippen LogP contribution in [-0.4, -0.2) is 28.8 Å². The maximum absolute atomic E-state index is 13.3. The SMILES string of the molecule is O=C(O)COc1ccc(/C=C2\SC(=Nc3ccccc3)N(c3ccccc3)C2=O)cc1Cl. The van der Waals surface area contributed by atoms with Gasteiger partial charge in [-0.15, -0.1) is 0 Å². The normalized spacial score (nSPS) is 16.0. The minimum atomic E-state index is -1.09. The molecule has 0 aliphatic carbocycles. The van der Waals surface area contributed by atoms with Gasteiger partial charge in [-0.3, -0.25) is 9.69 Å². The maximum Gasteiger partial charge on any atom is 0.341 e. The number of thioether (sulfide) groups is 1. The predicted octanol–water partition coefficient (Wildman–Crippen LogP) is 5.61. The molecule has 0 unspecified atom stereocenters. The van der Waals surface area contributed by atoms with Gasteiger partial charge in [0.25, 0.3) is 5.91 Å². The minimum Gasteiger partial charge on any atom is -0.480 e. The van der Waals surface area contributed by atoms with Crippen LogP contribution in [-0.2, 0) is 9.59 Å². The van der Waals surface area contributed by atoms with Crippen LogP contribution in [0.15, 0.2) is 88.8 Å². The summed E-state index contributed by atoms with van der Waals surface area (Å²) in [7, 11) is 0. The molecule has 0 spiro atoms. The third kappa shape index (κ3) is 5.01. The van der Waals surface area contributed by atoms with E-state index in [1.165, 1.54) is 11.8 Å². The molecule has 1 aliphatic heterocycles. The monoisotopic (exact) mass is 464 g/mol. The first kappa shape index (κ1) is 21.7. The molecule has 1 aliphatic rings. The topological polar surface area (TPSA) is 79.2 Å². The zero-order valence-electron chi connectivity index (χ0n) is 16.6. The van der Waals surface area contributed by atoms with Crippen LogP contribution >= 0.6 is 23.4 Å². The number of carboxylic acid groups (broad SMARTS) is 1. The highest BCUT2D eigenvalue weighted by Gasteiger charge is 2.34. The molecule has 3 aromatic rings. The number of amidine groups is 1. The zero-order chi connectivity index (χ0) is 22.5. The number of carboxylic acids is 1. The number of amides is 1. The lowest BCUT2D eigenvalue weighted by atomic mass is 10.2. The van der Waals surface area contributed by atoms with E-state index in [1.54, 1.807) is 29.2 Å². The molecule has 1 N–H and O–H groups in total. The lowest BCUT2D eigenvalue weighted by Gasteiger charge is -2.15. The quantitative estimate of drug-likeness (QED) is 0.479. The predicted molar refractivity (Wildman–Crippen MR) is 128 cm³/mol. The summed E-state index contributed by atoms with van der Waals surface area (Å²) in [6.45, 7) is -0.486. The van der Waals surface area contributed by atoms with Gasteiger partial charge >= 0.3 is 5.97 Å². The van der Waals surface area contributed by atoms with Crippen molar-refractivity contribution in [2.75, 3.05) is 11.5 Å². The van der Waals surface area contributed by atoms with Crippen molar-refractivity contribution in [3.8, 4) is 5.75 Å². The van der Waals surface area contributed by atoms with E-state index in [9.17, 15) is 9.59 Å². The number of carbonyl (C=O) groups excluding carboxylic acids is 1. The number of rotatable bonds is 6. The summed E-state index contributed by atoms with van der Waals surface area (Å²) in [6, 6.07) is 23.7. The summed E-state index contributed by atoms with van der Waals surface area (Å²) in [4.78, 5) is 30.7. The van der Waals surface area contributed by atoms with Crippen molar-refractivity contribution in [3.63, 3.8) is 0 Å². The van der Waals surface area contributed by atoms with Gasteiger partial charge < -0.3 is 9.84 Å². The molecule has 4 rings (SSSR count). The Morgan fingerprint density at radius 2 is 1.75 bits per heavy atom. The molecule has 6 nitrogen and oxygen atoms in total. The number of halogens is 1. The summed E-state index contributed by atoms with van der Waals surface area (Å²) in [5.74, 6) is -1.02. The lowest BCUT2D eigenvalue weighted by Crippen LogP contribution is -2.28. The van der Waals surface area contributed by atoms with E-state index >= 15 is 0 Å². The number of aliphatic carboxylic acids is 1. The van der Waals surface area contributed by atoms with Gasteiger partial charge in [-0.2, -0.15) is 0 Å². The fourth-order valence-electron chi connectivity index (χ4n) is 2.98. The van der Waals surface area contributed by atoms with E-state index in [2.05, 4.69) is 4.99 Å². The van der Waals surface area contributed by atoms with E-state index in [0.717, 1.165) is 11.4 Å². The maximum atomic E-state index is 13.3. The van der Waals surface area contributed by atoms with Crippen LogP contribution in [0, 0.1) is 0 Å². The number of hydrogen-bond donors (Lipinski definition) is 1. The molecule has 0 radical (unpaired) electrons. The Bertz CT molecular complexity index is 1210. The van der Waals surface area contributed by atoms with Gasteiger partial charge in [-0.1, -0.05) is 54.1 Å². The Labute approximate surface area is 193 Å². The van der Waals surface area contributed by atoms with Gasteiger partial charge in [-0.25, -0.2) is 9.79 Å². The molecule has 0 saturated carbocycles. The van der Waals surface area contributed by atoms with Crippen LogP contribution < -0.4 is 9.64 Å². The van der Waals surface area contributed by atoms with Gasteiger partial charge in [0, 0.05) is 0 Å². The fraction of sp³-hybridized carbons (Fsp3) is 0.0417. The largest absolute Gasteiger partial charge is 0.480 e. The Morgan fingerprint density at radius 3 is 2.41 bits per heavy atom. The van der Waals surface area contributed by atoms with Gasteiger partial charge in [0.05, 0.1) is 21.3 Å². The minimum absolute atomic E-state index is 0.196. The second-order valence-corrected chi connectivity index (χ2v) is 8.11. The molecule has 3 aromatic carbocycles. The first-order valence-electron chi connectivity index (χ1n) is 9.58. The first-order valence-corrected chi connectivity index (χ1v) is 10.8. The van der Waals surface area contributed by atoms with E-state index in [-0.39, 0.29) is 16.7 Å². The summed E-state index contributed by atoms with van der Waals surface area (Å²) >= 11 is 7.49. The molecule has 1 fully saturated rings. The lowest BCUT2D eigenvalue weighted by molar-refractivity contribution is -0.139. The molecular formula is C24H17ClN2O4S. The van der Waals surface area contributed by atoms with Crippen LogP contribution in [0.5, 0.6) is 5.75 Å². The Balaban J connectivity index is 1.67. The number of carbonyl (C=O) groups is 2. The van der Waals surface area contributed by atoms with Crippen LogP contribution in [0.4, 0.5) is 11.4 Å². The second-order valence-electron chi connectivity index (χ2n) is 6.69. The fourth-order valence-corrected chi connectivity index (χ4v) is 4.23. The van der Waals surface area contributed by atoms with Crippen molar-refractivity contribution in [1.82, 2.24) is 0 Å². The number of benzene rings is 3. The molecule has 0 bridgehead atoms. The number of nitrogens with zero attached hydrogens (tertiary/aromatic N) is 2. The number of para-hydroxylation sites is 2. The van der Waals surface area contributed by atoms with Crippen molar-refractivity contribution in [2.45, 2.75) is 0 Å². The van der Waals surface area contributed by atoms with Crippen LogP contribution in [0.2, 0.25) is 5.02 Å². The summed E-state index contributed by atoms with van der Waals surface area (Å²) in [5, 5.41) is 9.56. The van der Waals surface area contributed by atoms with E-state index in [4.69, 9.17) is 21.4 Å². The molecule has 1 saturated heterocycles. The number of anilines is 1. The smallest absolute Gasteiger partial charge is 0.341 e. The second kappa shape index (κ2) is 9.72. The van der Waals surface area contributed by atoms with Crippen LogP contribution in [0.1, 0.15) is 5.56 Å². The standard InChI is InChI=1S/C24H17ClN2O4S/c25-19-13-16(11-12-20(19)31-15-22(28)29)14-21-23(30)27(18-9-5-2-6-10-18)24(32-21)26-17-7-3-1-4-8-17/h1-14H,15H2,(H,28,29)/b21-14-,26-24?. The highest BCUT2D eigenvalue weighted by molar-refractivity contribution is 8.19. The molecule has 1 amide bonds. The van der Waals surface area contributed by atoms with E-state index < -0.39 is 12.6 Å². The molecule has 160 valence electrons. The molecular weight excluding hydrogens is 448 g/mol. The molecule has 0 aromatic heterocycles. The van der Waals surface area contributed by atoms with Gasteiger partial charge in [-0.05, 0) is 59.8 Å². The molecule has 32 heavy (non-hydrogen) atoms. The third-order valence-corrected chi connectivity index (χ3v) is 5.67. The van der Waals surface area contributed by atoms with Crippen molar-refractivity contribution >= 4 is 57.9 Å². The van der Waals surface area contributed by atoms with Gasteiger partial charge in [0.2, 0.25) is 0 Å². The Morgan fingerprint density at radius 1 is 1.06 bits per heavy atom. The summed E-state index contributed by atoms with van der Waals surface area (Å²) in [6.07, 6.45) is 1.73. The highest BCUT2D eigenvalue weighted by Crippen LogP contribution is 2.38. The van der Waals surface area contributed by atoms with Crippen LogP contribution in [0.3, 0.4) is 0 Å². The van der Waals surface area contributed by atoms with Crippen molar-refractivity contribution in [3.05, 3.63) is 94.4 Å². The number of ether oxygens (including phenoxy) is 1. The van der Waals surface area contributed by atoms with Gasteiger partial charge in [0.1, 0.15) is 5.75 Å². The summed E-state index contributed by atoms with van der Waals surface area (Å²) in [5.41, 5.74) is 2.15. The average Bonchev–Trinajstić information content (AvgIpc) is 3.08. The number of aliphatic imine (C=N–C) groups is 1. The summed E-state index contributed by atoms with van der Waals surface area (Å²) < 4.78 is 5.15. The van der Waals surface area contributed by atoms with Crippen molar-refractivity contribution in [1.29, 1.82) is 0 Å². The Kier molecular flexibility index (Phi) is 6.58. The first-order chi connectivity index (χ1) is 15.5. The number of hydrogen-bond acceptors (Lipinski definition) is 5. The van der Waals surface area contributed by atoms with Crippen LogP contribution in [0.25, 0.3) is 6.08 Å². The van der Waals surface area contributed by atoms with E-state index in [0.29, 0.717) is 15.6 Å². The zero-order valence-corrected chi connectivity index (χ0v) is 18.2. The Hall–Kier alpha value is -3.55. The van der Waals surface area contributed by atoms with Gasteiger partial charge in [0.15, 0.2) is 11.8 Å². The molecule has 1 heterocycles.